The summed E-state index contributed by atoms with van der Waals surface area (Å²) in [6, 6.07) is 5.27. The highest BCUT2D eigenvalue weighted by Crippen LogP contribution is 2.05. The largest absolute Gasteiger partial charge is 0.366 e. The molecule has 0 spiro atoms. The summed E-state index contributed by atoms with van der Waals surface area (Å²) >= 11 is 0. The lowest BCUT2D eigenvalue weighted by Crippen LogP contribution is -2.05. The molecular weight excluding hydrogens is 166 g/mol. The zero-order valence-electron chi connectivity index (χ0n) is 6.77. The molecule has 1 aromatic rings. The van der Waals surface area contributed by atoms with E-state index in [1.807, 2.05) is 6.07 Å². The lowest BCUT2D eigenvalue weighted by Gasteiger charge is -1.93. The van der Waals surface area contributed by atoms with Gasteiger partial charge in [0.25, 0.3) is 0 Å². The maximum Gasteiger partial charge on any atom is 0.241 e. The number of primary amides is 1. The predicted molar refractivity (Wildman–Crippen MR) is 47.2 cm³/mol. The quantitative estimate of drug-likeness (QED) is 0.659. The van der Waals surface area contributed by atoms with Gasteiger partial charge in [-0.25, -0.2) is 4.98 Å². The molecule has 0 aliphatic heterocycles. The first-order valence-corrected chi connectivity index (χ1v) is 3.56. The van der Waals surface area contributed by atoms with Gasteiger partial charge in [0, 0.05) is 17.8 Å². The van der Waals surface area contributed by atoms with Gasteiger partial charge in [-0.05, 0) is 12.1 Å². The van der Waals surface area contributed by atoms with Gasteiger partial charge in [0.05, 0.1) is 0 Å². The normalized spacial score (nSPS) is 9.77. The van der Waals surface area contributed by atoms with Crippen LogP contribution in [0.15, 0.2) is 24.4 Å². The minimum absolute atomic E-state index is 0.278. The lowest BCUT2D eigenvalue weighted by atomic mass is 10.2. The second-order valence-electron chi connectivity index (χ2n) is 2.29. The molecule has 1 rings (SSSR count). The van der Waals surface area contributed by atoms with Crippen LogP contribution in [0.2, 0.25) is 0 Å². The fourth-order valence-corrected chi connectivity index (χ4v) is 0.818. The van der Waals surface area contributed by atoms with Gasteiger partial charge in [-0.3, -0.25) is 4.79 Å². The molecule has 0 aliphatic carbocycles. The molecule has 13 heavy (non-hydrogen) atoms. The second kappa shape index (κ2) is 4.02. The molecule has 0 bridgehead atoms. The number of nitrogens with two attached hydrogens (primary N) is 1. The van der Waals surface area contributed by atoms with E-state index in [-0.39, 0.29) is 5.69 Å². The number of pyridine rings is 1. The second-order valence-corrected chi connectivity index (χ2v) is 2.29. The number of rotatable bonds is 2. The van der Waals surface area contributed by atoms with Crippen molar-refractivity contribution < 1.29 is 4.79 Å². The Kier molecular flexibility index (Phi) is 2.77. The Morgan fingerprint density at radius 3 is 3.08 bits per heavy atom. The van der Waals surface area contributed by atoms with Gasteiger partial charge in [-0.15, -0.1) is 0 Å². The molecule has 0 aromatic carbocycles. The summed E-state index contributed by atoms with van der Waals surface area (Å²) in [4.78, 5) is 14.2. The average Bonchev–Trinajstić information content (AvgIpc) is 2.15. The van der Waals surface area contributed by atoms with Gasteiger partial charge in [-0.1, -0.05) is 6.07 Å². The summed E-state index contributed by atoms with van der Waals surface area (Å²) in [5.74, 6) is -0.548. The van der Waals surface area contributed by atoms with Crippen molar-refractivity contribution in [2.75, 3.05) is 0 Å². The van der Waals surface area contributed by atoms with Crippen LogP contribution in [0, 0.1) is 11.3 Å². The Labute approximate surface area is 75.3 Å². The molecule has 1 aromatic heterocycles. The molecule has 0 aliphatic rings. The topological polar surface area (TPSA) is 79.8 Å². The summed E-state index contributed by atoms with van der Waals surface area (Å²) < 4.78 is 0. The highest BCUT2D eigenvalue weighted by atomic mass is 16.1. The minimum atomic E-state index is -0.548. The smallest absolute Gasteiger partial charge is 0.241 e. The van der Waals surface area contributed by atoms with Crippen molar-refractivity contribution in [3.63, 3.8) is 0 Å². The Hall–Kier alpha value is -2.15. The van der Waals surface area contributed by atoms with Crippen molar-refractivity contribution >= 4 is 12.0 Å². The first kappa shape index (κ1) is 8.94. The van der Waals surface area contributed by atoms with Crippen molar-refractivity contribution in [3.05, 3.63) is 35.7 Å². The highest BCUT2D eigenvalue weighted by Gasteiger charge is 1.97. The van der Waals surface area contributed by atoms with Gasteiger partial charge in [0.15, 0.2) is 0 Å². The first-order valence-electron chi connectivity index (χ1n) is 3.56. The molecule has 1 amide bonds. The molecule has 0 atom stereocenters. The Morgan fingerprint density at radius 2 is 2.46 bits per heavy atom. The molecule has 64 valence electrons. The summed E-state index contributed by atoms with van der Waals surface area (Å²) in [5.41, 5.74) is 5.77. The number of carbonyl (C=O) groups excluding carboxylic acids is 1. The number of nitriles is 1. The number of hydrogen-bond acceptors (Lipinski definition) is 3. The maximum atomic E-state index is 10.4. The van der Waals surface area contributed by atoms with E-state index in [0.717, 1.165) is 0 Å². The van der Waals surface area contributed by atoms with E-state index >= 15 is 0 Å². The molecule has 0 unspecified atom stereocenters. The molecule has 0 saturated heterocycles. The third kappa shape index (κ3) is 2.42. The van der Waals surface area contributed by atoms with Crippen LogP contribution in [0.1, 0.15) is 11.3 Å². The van der Waals surface area contributed by atoms with Crippen molar-refractivity contribution in [2.45, 2.75) is 0 Å². The number of amides is 1. The molecular formula is C9H7N3O. The molecule has 0 saturated carbocycles. The Balaban J connectivity index is 3.02. The third-order valence-electron chi connectivity index (χ3n) is 1.37. The van der Waals surface area contributed by atoms with Crippen molar-refractivity contribution in [2.24, 2.45) is 5.73 Å². The summed E-state index contributed by atoms with van der Waals surface area (Å²) in [7, 11) is 0. The fraction of sp³-hybridized carbons (Fsp3) is 0. The lowest BCUT2D eigenvalue weighted by molar-refractivity contribution is -0.113. The van der Waals surface area contributed by atoms with Gasteiger partial charge in [0.1, 0.15) is 11.8 Å². The highest BCUT2D eigenvalue weighted by molar-refractivity contribution is 5.90. The van der Waals surface area contributed by atoms with Crippen LogP contribution in [0.25, 0.3) is 6.08 Å². The van der Waals surface area contributed by atoms with Gasteiger partial charge < -0.3 is 5.73 Å². The summed E-state index contributed by atoms with van der Waals surface area (Å²) in [5, 5.41) is 8.62. The first-order chi connectivity index (χ1) is 6.24. The van der Waals surface area contributed by atoms with Crippen molar-refractivity contribution in [1.82, 2.24) is 4.98 Å². The van der Waals surface area contributed by atoms with Crippen LogP contribution in [0.4, 0.5) is 0 Å². The average molecular weight is 173 g/mol. The maximum absolute atomic E-state index is 10.4. The number of hydrogen-bond donors (Lipinski definition) is 1. The van der Waals surface area contributed by atoms with E-state index in [0.29, 0.717) is 5.56 Å². The Bertz CT molecular complexity index is 390. The predicted octanol–water partition coefficient (Wildman–Crippen LogP) is 0.452. The van der Waals surface area contributed by atoms with Gasteiger partial charge in [0.2, 0.25) is 5.91 Å². The van der Waals surface area contributed by atoms with Crippen molar-refractivity contribution in [3.8, 4) is 6.07 Å². The van der Waals surface area contributed by atoms with E-state index in [1.165, 1.54) is 18.3 Å². The summed E-state index contributed by atoms with van der Waals surface area (Å²) in [6.45, 7) is 0. The molecule has 4 heteroatoms. The minimum Gasteiger partial charge on any atom is -0.366 e. The van der Waals surface area contributed by atoms with Crippen LogP contribution in [-0.4, -0.2) is 10.9 Å². The number of aromatic nitrogens is 1. The van der Waals surface area contributed by atoms with Crippen LogP contribution >= 0.6 is 0 Å². The standard InChI is InChI=1S/C9H7N3O/c10-6-8-7(2-1-5-12-8)3-4-9(11)13/h1-5H,(H2,11,13). The zero-order chi connectivity index (χ0) is 9.68. The number of carbonyl (C=O) groups is 1. The van der Waals surface area contributed by atoms with E-state index in [1.54, 1.807) is 12.1 Å². The molecule has 1 heterocycles. The monoisotopic (exact) mass is 173 g/mol. The van der Waals surface area contributed by atoms with E-state index in [2.05, 4.69) is 4.98 Å². The van der Waals surface area contributed by atoms with E-state index in [4.69, 9.17) is 11.0 Å². The number of nitrogens with zero attached hydrogens (tertiary/aromatic N) is 2. The molecule has 0 radical (unpaired) electrons. The van der Waals surface area contributed by atoms with Crippen LogP contribution < -0.4 is 5.73 Å². The van der Waals surface area contributed by atoms with Gasteiger partial charge in [-0.2, -0.15) is 5.26 Å². The van der Waals surface area contributed by atoms with Crippen molar-refractivity contribution in [1.29, 1.82) is 5.26 Å². The van der Waals surface area contributed by atoms with E-state index in [9.17, 15) is 4.79 Å². The Morgan fingerprint density at radius 1 is 1.69 bits per heavy atom. The zero-order valence-corrected chi connectivity index (χ0v) is 6.77. The van der Waals surface area contributed by atoms with Crippen LogP contribution in [0.3, 0.4) is 0 Å². The summed E-state index contributed by atoms with van der Waals surface area (Å²) in [6.07, 6.45) is 4.17. The van der Waals surface area contributed by atoms with Gasteiger partial charge >= 0.3 is 0 Å². The van der Waals surface area contributed by atoms with Crippen LogP contribution in [-0.2, 0) is 4.79 Å². The molecule has 4 nitrogen and oxygen atoms in total. The van der Waals surface area contributed by atoms with Crippen LogP contribution in [0.5, 0.6) is 0 Å². The SMILES string of the molecule is N#Cc1ncccc1C=CC(N)=O. The third-order valence-corrected chi connectivity index (χ3v) is 1.37. The molecule has 0 fully saturated rings. The fourth-order valence-electron chi connectivity index (χ4n) is 0.818. The van der Waals surface area contributed by atoms with E-state index < -0.39 is 5.91 Å². The molecule has 2 N–H and O–H groups in total.